The van der Waals surface area contributed by atoms with E-state index in [9.17, 15) is 0 Å². The Morgan fingerprint density at radius 2 is 1.00 bits per heavy atom. The number of hydrogen-bond donors (Lipinski definition) is 6. The van der Waals surface area contributed by atoms with Crippen LogP contribution in [-0.4, -0.2) is 46.5 Å². The molecule has 0 saturated heterocycles. The van der Waals surface area contributed by atoms with Crippen molar-refractivity contribution in [1.29, 1.82) is 0 Å². The molecule has 0 bridgehead atoms. The summed E-state index contributed by atoms with van der Waals surface area (Å²) in [5, 5.41) is 28.2. The Kier molecular flexibility index (Phi) is 17.4. The van der Waals surface area contributed by atoms with E-state index in [0.29, 0.717) is 0 Å². The zero-order chi connectivity index (χ0) is 16.6. The normalized spacial score (nSPS) is 8.70. The van der Waals surface area contributed by atoms with Gasteiger partial charge >= 0.3 is 0 Å². The van der Waals surface area contributed by atoms with Crippen LogP contribution in [0.15, 0.2) is 20.4 Å². The molecule has 20 heavy (non-hydrogen) atoms. The van der Waals surface area contributed by atoms with Crippen molar-refractivity contribution < 1.29 is 19.8 Å². The molecule has 0 aromatic carbocycles. The summed E-state index contributed by atoms with van der Waals surface area (Å²) in [6, 6.07) is 0. The van der Waals surface area contributed by atoms with Crippen LogP contribution < -0.4 is 22.9 Å². The molecule has 0 aliphatic carbocycles. The quantitative estimate of drug-likeness (QED) is 0.187. The second kappa shape index (κ2) is 15.8. The summed E-state index contributed by atoms with van der Waals surface area (Å²) in [7, 11) is 0. The minimum Gasteiger partial charge on any atom is -0.481 e. The van der Waals surface area contributed by atoms with E-state index < -0.39 is 11.9 Å². The Balaban J connectivity index is -0.000000297. The summed E-state index contributed by atoms with van der Waals surface area (Å²) in [6.07, 6.45) is 2.46. The molecule has 0 heterocycles. The summed E-state index contributed by atoms with van der Waals surface area (Å²) >= 11 is 0. The summed E-state index contributed by atoms with van der Waals surface area (Å²) in [5.74, 6) is -1.94. The van der Waals surface area contributed by atoms with Crippen LogP contribution in [0.1, 0.15) is 13.8 Å². The molecule has 0 radical (unpaired) electrons. The van der Waals surface area contributed by atoms with Crippen LogP contribution >= 0.6 is 0 Å². The van der Waals surface area contributed by atoms with Gasteiger partial charge in [-0.1, -0.05) is 0 Å². The largest absolute Gasteiger partial charge is 0.481 e. The van der Waals surface area contributed by atoms with Gasteiger partial charge in [0.05, 0.1) is 12.4 Å². The van der Waals surface area contributed by atoms with Gasteiger partial charge in [-0.05, 0) is 0 Å². The van der Waals surface area contributed by atoms with Crippen molar-refractivity contribution >= 4 is 36.3 Å². The number of carboxylic acid groups (broad SMARTS) is 2. The molecule has 0 aliphatic heterocycles. The van der Waals surface area contributed by atoms with Crippen molar-refractivity contribution in [2.45, 2.75) is 13.8 Å². The lowest BCUT2D eigenvalue weighted by atomic mass is 10.8. The number of carboxylic acids is 2. The standard InChI is InChI=1S/C4H10N8.2C2H4O2/c5-3(6)11-9-1-2-10-12-4(7)8;2*1-2(3)4/h1-2H,(H4,5,6,11)(H4,7,8,12);2*1H3,(H,3,4)/b9-1+,10-2+;;. The number of carbonyl (C=O) groups is 2. The first-order chi connectivity index (χ1) is 9.09. The molecule has 0 saturated carbocycles. The predicted molar refractivity (Wildman–Crippen MR) is 75.2 cm³/mol. The third-order valence-corrected chi connectivity index (χ3v) is 0.546. The molecule has 12 heteroatoms. The Hall–Kier alpha value is -3.18. The SMILES string of the molecule is CC(=O)O.CC(=O)O.NC(N)=N/N=C/C=N/N=C(N)N. The minimum atomic E-state index is -0.833. The predicted octanol–water partition coefficient (Wildman–Crippen LogP) is -2.31. The topological polar surface area (TPSA) is 228 Å². The molecular formula is C8H18N8O4. The smallest absolute Gasteiger partial charge is 0.300 e. The highest BCUT2D eigenvalue weighted by molar-refractivity contribution is 6.16. The van der Waals surface area contributed by atoms with Crippen LogP contribution in [0.25, 0.3) is 0 Å². The maximum Gasteiger partial charge on any atom is 0.300 e. The highest BCUT2D eigenvalue weighted by Gasteiger charge is 1.72. The van der Waals surface area contributed by atoms with Gasteiger partial charge in [0.15, 0.2) is 0 Å². The van der Waals surface area contributed by atoms with Gasteiger partial charge in [0.25, 0.3) is 11.9 Å². The van der Waals surface area contributed by atoms with Gasteiger partial charge in [-0.15, -0.1) is 10.2 Å². The van der Waals surface area contributed by atoms with Crippen molar-refractivity contribution in [2.75, 3.05) is 0 Å². The number of nitrogens with two attached hydrogens (primary N) is 4. The molecule has 0 rings (SSSR count). The number of guanidine groups is 2. The van der Waals surface area contributed by atoms with Crippen LogP contribution in [0.4, 0.5) is 0 Å². The second-order valence-electron chi connectivity index (χ2n) is 2.62. The summed E-state index contributed by atoms with van der Waals surface area (Å²) in [6.45, 7) is 2.17. The molecule has 0 amide bonds. The molecule has 0 unspecified atom stereocenters. The molecular weight excluding hydrogens is 272 g/mol. The molecule has 10 N–H and O–H groups in total. The Morgan fingerprint density at radius 3 is 1.15 bits per heavy atom. The molecule has 0 aromatic rings. The fourth-order valence-electron chi connectivity index (χ4n) is 0.260. The first kappa shape index (κ1) is 22.0. The van der Waals surface area contributed by atoms with E-state index in [-0.39, 0.29) is 11.9 Å². The van der Waals surface area contributed by atoms with Gasteiger partial charge in [-0.3, -0.25) is 9.59 Å². The number of rotatable bonds is 3. The van der Waals surface area contributed by atoms with Crippen molar-refractivity contribution in [2.24, 2.45) is 43.3 Å². The zero-order valence-corrected chi connectivity index (χ0v) is 11.0. The van der Waals surface area contributed by atoms with Crippen LogP contribution in [0.2, 0.25) is 0 Å². The fraction of sp³-hybridized carbons (Fsp3) is 0.250. The second-order valence-corrected chi connectivity index (χ2v) is 2.62. The minimum absolute atomic E-state index is 0.138. The van der Waals surface area contributed by atoms with Crippen LogP contribution in [0, 0.1) is 0 Å². The van der Waals surface area contributed by atoms with E-state index in [2.05, 4.69) is 20.4 Å². The van der Waals surface area contributed by atoms with Crippen molar-refractivity contribution in [3.8, 4) is 0 Å². The van der Waals surface area contributed by atoms with Crippen LogP contribution in [-0.2, 0) is 9.59 Å². The average Bonchev–Trinajstić information content (AvgIpc) is 2.20. The third-order valence-electron chi connectivity index (χ3n) is 0.546. The summed E-state index contributed by atoms with van der Waals surface area (Å²) in [4.78, 5) is 18.0. The average molecular weight is 290 g/mol. The highest BCUT2D eigenvalue weighted by atomic mass is 16.4. The van der Waals surface area contributed by atoms with Crippen molar-refractivity contribution in [3.63, 3.8) is 0 Å². The molecule has 0 fully saturated rings. The van der Waals surface area contributed by atoms with Gasteiger partial charge in [0.2, 0.25) is 11.9 Å². The van der Waals surface area contributed by atoms with Gasteiger partial charge < -0.3 is 33.1 Å². The molecule has 114 valence electrons. The third kappa shape index (κ3) is 83.6. The monoisotopic (exact) mass is 290 g/mol. The molecule has 0 aliphatic rings. The maximum atomic E-state index is 9.00. The summed E-state index contributed by atoms with van der Waals surface area (Å²) in [5.41, 5.74) is 19.8. The van der Waals surface area contributed by atoms with Crippen molar-refractivity contribution in [3.05, 3.63) is 0 Å². The Labute approximate surface area is 114 Å². The molecule has 12 nitrogen and oxygen atoms in total. The molecule has 0 spiro atoms. The first-order valence-corrected chi connectivity index (χ1v) is 4.71. The van der Waals surface area contributed by atoms with E-state index in [4.69, 9.17) is 42.7 Å². The van der Waals surface area contributed by atoms with Crippen LogP contribution in [0.3, 0.4) is 0 Å². The molecule has 0 aromatic heterocycles. The zero-order valence-electron chi connectivity index (χ0n) is 11.0. The number of hydrogen-bond acceptors (Lipinski definition) is 6. The fourth-order valence-corrected chi connectivity index (χ4v) is 0.260. The van der Waals surface area contributed by atoms with Crippen molar-refractivity contribution in [1.82, 2.24) is 0 Å². The van der Waals surface area contributed by atoms with E-state index in [0.717, 1.165) is 13.8 Å². The Morgan fingerprint density at radius 1 is 0.800 bits per heavy atom. The maximum absolute atomic E-state index is 9.00. The summed E-state index contributed by atoms with van der Waals surface area (Å²) < 4.78 is 0. The first-order valence-electron chi connectivity index (χ1n) is 4.71. The highest BCUT2D eigenvalue weighted by Crippen LogP contribution is 1.67. The van der Waals surface area contributed by atoms with Gasteiger partial charge in [-0.25, -0.2) is 0 Å². The van der Waals surface area contributed by atoms with E-state index >= 15 is 0 Å². The lowest BCUT2D eigenvalue weighted by Gasteiger charge is -1.81. The van der Waals surface area contributed by atoms with Crippen LogP contribution in [0.5, 0.6) is 0 Å². The number of aliphatic carboxylic acids is 2. The molecule has 0 atom stereocenters. The van der Waals surface area contributed by atoms with Gasteiger partial charge in [0, 0.05) is 13.8 Å². The lowest BCUT2D eigenvalue weighted by molar-refractivity contribution is -0.135. The lowest BCUT2D eigenvalue weighted by Crippen LogP contribution is -2.22. The number of nitrogens with zero attached hydrogens (tertiary/aromatic N) is 4. The van der Waals surface area contributed by atoms with E-state index in [1.54, 1.807) is 0 Å². The van der Waals surface area contributed by atoms with E-state index in [1.165, 1.54) is 12.4 Å². The Bertz CT molecular complexity index is 347. The van der Waals surface area contributed by atoms with Gasteiger partial charge in [0.1, 0.15) is 0 Å². The van der Waals surface area contributed by atoms with E-state index in [1.807, 2.05) is 0 Å². The van der Waals surface area contributed by atoms with Gasteiger partial charge in [-0.2, -0.15) is 10.2 Å².